The maximum absolute atomic E-state index is 13.3. The summed E-state index contributed by atoms with van der Waals surface area (Å²) in [7, 11) is 0. The highest BCUT2D eigenvalue weighted by atomic mass is 19.2. The number of piperidine rings is 1. The molecule has 3 aromatic rings. The lowest BCUT2D eigenvalue weighted by molar-refractivity contribution is -0.121. The van der Waals surface area contributed by atoms with Crippen LogP contribution >= 0.6 is 0 Å². The second-order valence-electron chi connectivity index (χ2n) is 7.39. The average Bonchev–Trinajstić information content (AvgIpc) is 3.14. The molecular weight excluding hydrogens is 360 g/mol. The van der Waals surface area contributed by atoms with Crippen molar-refractivity contribution < 1.29 is 13.6 Å². The van der Waals surface area contributed by atoms with Gasteiger partial charge < -0.3 is 10.3 Å². The Hall–Kier alpha value is -2.73. The van der Waals surface area contributed by atoms with Crippen LogP contribution in [0, 0.1) is 11.6 Å². The quantitative estimate of drug-likeness (QED) is 0.689. The fraction of sp³-hybridized carbons (Fsp3) is 0.318. The molecule has 4 rings (SSSR count). The first-order valence-electron chi connectivity index (χ1n) is 9.59. The molecule has 0 radical (unpaired) electrons. The Morgan fingerprint density at radius 1 is 1.14 bits per heavy atom. The van der Waals surface area contributed by atoms with Crippen LogP contribution in [0.4, 0.5) is 14.5 Å². The number of hydrogen-bond acceptors (Lipinski definition) is 2. The van der Waals surface area contributed by atoms with Gasteiger partial charge in [0.05, 0.1) is 6.04 Å². The van der Waals surface area contributed by atoms with Gasteiger partial charge in [-0.1, -0.05) is 18.2 Å². The van der Waals surface area contributed by atoms with Gasteiger partial charge in [-0.15, -0.1) is 0 Å². The number of fused-ring (bicyclic) bond motifs is 1. The third kappa shape index (κ3) is 3.64. The molecule has 1 atom stereocenters. The molecule has 0 saturated carbocycles. The van der Waals surface area contributed by atoms with Crippen LogP contribution in [0.15, 0.2) is 48.7 Å². The van der Waals surface area contributed by atoms with E-state index in [0.717, 1.165) is 43.6 Å². The minimum Gasteiger partial charge on any atom is -0.361 e. The number of para-hydroxylation sites is 1. The minimum atomic E-state index is -0.968. The van der Waals surface area contributed by atoms with Crippen LogP contribution in [0.2, 0.25) is 0 Å². The number of aromatic amines is 1. The molecule has 1 aliphatic rings. The number of likely N-dealkylation sites (tertiary alicyclic amines) is 1. The average molecular weight is 383 g/mol. The molecule has 1 fully saturated rings. The van der Waals surface area contributed by atoms with E-state index in [9.17, 15) is 13.6 Å². The van der Waals surface area contributed by atoms with Crippen molar-refractivity contribution in [3.05, 3.63) is 65.9 Å². The van der Waals surface area contributed by atoms with Gasteiger partial charge in [-0.05, 0) is 62.5 Å². The summed E-state index contributed by atoms with van der Waals surface area (Å²) in [6.07, 6.45) is 4.06. The molecule has 1 saturated heterocycles. The van der Waals surface area contributed by atoms with Gasteiger partial charge in [0.15, 0.2) is 11.6 Å². The smallest absolute Gasteiger partial charge is 0.241 e. The number of halogens is 2. The number of hydrogen-bond donors (Lipinski definition) is 2. The highest BCUT2D eigenvalue weighted by molar-refractivity contribution is 5.94. The largest absolute Gasteiger partial charge is 0.361 e. The SMILES string of the molecule is CC(C(=O)Nc1ccc(F)c(F)c1)N1CCC(c2c[nH]c3ccccc23)CC1. The summed E-state index contributed by atoms with van der Waals surface area (Å²) in [6.45, 7) is 3.48. The van der Waals surface area contributed by atoms with Crippen molar-refractivity contribution >= 4 is 22.5 Å². The molecule has 1 amide bonds. The summed E-state index contributed by atoms with van der Waals surface area (Å²) in [5, 5.41) is 3.95. The Labute approximate surface area is 162 Å². The van der Waals surface area contributed by atoms with Crippen LogP contribution in [-0.2, 0) is 4.79 Å². The zero-order valence-corrected chi connectivity index (χ0v) is 15.7. The van der Waals surface area contributed by atoms with Crippen molar-refractivity contribution in [3.8, 4) is 0 Å². The Morgan fingerprint density at radius 3 is 2.64 bits per heavy atom. The predicted octanol–water partition coefficient (Wildman–Crippen LogP) is 4.65. The number of H-pyrrole nitrogens is 1. The van der Waals surface area contributed by atoms with Crippen LogP contribution in [0.5, 0.6) is 0 Å². The Bertz CT molecular complexity index is 992. The molecular formula is C22H23F2N3O. The lowest BCUT2D eigenvalue weighted by Crippen LogP contribution is -2.45. The van der Waals surface area contributed by atoms with Gasteiger partial charge in [-0.3, -0.25) is 9.69 Å². The monoisotopic (exact) mass is 383 g/mol. The van der Waals surface area contributed by atoms with Crippen LogP contribution in [0.3, 0.4) is 0 Å². The van der Waals surface area contributed by atoms with E-state index >= 15 is 0 Å². The number of carbonyl (C=O) groups excluding carboxylic acids is 1. The van der Waals surface area contributed by atoms with Gasteiger partial charge in [-0.2, -0.15) is 0 Å². The molecule has 0 aliphatic carbocycles. The first-order valence-corrected chi connectivity index (χ1v) is 9.59. The lowest BCUT2D eigenvalue weighted by Gasteiger charge is -2.35. The van der Waals surface area contributed by atoms with E-state index in [2.05, 4.69) is 39.6 Å². The number of nitrogens with one attached hydrogen (secondary N) is 2. The highest BCUT2D eigenvalue weighted by Crippen LogP contribution is 2.33. The van der Waals surface area contributed by atoms with Crippen LogP contribution in [-0.4, -0.2) is 34.9 Å². The summed E-state index contributed by atoms with van der Waals surface area (Å²) in [5.74, 6) is -1.64. The summed E-state index contributed by atoms with van der Waals surface area (Å²) in [6, 6.07) is 11.4. The normalized spacial score (nSPS) is 17.0. The number of carbonyl (C=O) groups is 1. The van der Waals surface area contributed by atoms with Gasteiger partial charge in [0, 0.05) is 28.9 Å². The van der Waals surface area contributed by atoms with Crippen LogP contribution in [0.1, 0.15) is 31.2 Å². The fourth-order valence-corrected chi connectivity index (χ4v) is 4.02. The Morgan fingerprint density at radius 2 is 1.89 bits per heavy atom. The summed E-state index contributed by atoms with van der Waals surface area (Å²) < 4.78 is 26.4. The van der Waals surface area contributed by atoms with E-state index in [0.29, 0.717) is 5.92 Å². The summed E-state index contributed by atoms with van der Waals surface area (Å²) in [4.78, 5) is 18.0. The lowest BCUT2D eigenvalue weighted by atomic mass is 9.88. The minimum absolute atomic E-state index is 0.212. The Kier molecular flexibility index (Phi) is 5.13. The fourth-order valence-electron chi connectivity index (χ4n) is 4.02. The molecule has 146 valence electrons. The number of aromatic nitrogens is 1. The number of rotatable bonds is 4. The third-order valence-electron chi connectivity index (χ3n) is 5.70. The van der Waals surface area contributed by atoms with Gasteiger partial charge in [0.2, 0.25) is 5.91 Å². The molecule has 1 aliphatic heterocycles. The maximum atomic E-state index is 13.3. The zero-order valence-electron chi connectivity index (χ0n) is 15.7. The van der Waals surface area contributed by atoms with Crippen molar-refractivity contribution in [3.63, 3.8) is 0 Å². The second kappa shape index (κ2) is 7.72. The van der Waals surface area contributed by atoms with Gasteiger partial charge in [0.1, 0.15) is 0 Å². The van der Waals surface area contributed by atoms with Crippen molar-refractivity contribution in [2.75, 3.05) is 18.4 Å². The van der Waals surface area contributed by atoms with Crippen LogP contribution < -0.4 is 5.32 Å². The zero-order chi connectivity index (χ0) is 19.7. The van der Waals surface area contributed by atoms with E-state index < -0.39 is 11.6 Å². The number of benzene rings is 2. The van der Waals surface area contributed by atoms with E-state index in [1.807, 2.05) is 13.0 Å². The third-order valence-corrected chi connectivity index (χ3v) is 5.70. The summed E-state index contributed by atoms with van der Waals surface area (Å²) in [5.41, 5.74) is 2.76. The van der Waals surface area contributed by atoms with Crippen LogP contribution in [0.25, 0.3) is 10.9 Å². The first-order chi connectivity index (χ1) is 13.5. The molecule has 28 heavy (non-hydrogen) atoms. The maximum Gasteiger partial charge on any atom is 0.241 e. The van der Waals surface area contributed by atoms with E-state index in [4.69, 9.17) is 0 Å². The first kappa shape index (κ1) is 18.6. The van der Waals surface area contributed by atoms with Gasteiger partial charge in [-0.25, -0.2) is 8.78 Å². The molecule has 4 nitrogen and oxygen atoms in total. The molecule has 6 heteroatoms. The molecule has 1 unspecified atom stereocenters. The van der Waals surface area contributed by atoms with E-state index in [-0.39, 0.29) is 17.6 Å². The molecule has 2 N–H and O–H groups in total. The number of amides is 1. The van der Waals surface area contributed by atoms with E-state index in [1.165, 1.54) is 17.0 Å². The molecule has 0 bridgehead atoms. The van der Waals surface area contributed by atoms with Gasteiger partial charge in [0.25, 0.3) is 0 Å². The topological polar surface area (TPSA) is 48.1 Å². The standard InChI is InChI=1S/C22H23F2N3O/c1-14(22(28)26-16-6-7-19(23)20(24)12-16)27-10-8-15(9-11-27)18-13-25-21-5-3-2-4-17(18)21/h2-7,12-15,25H,8-11H2,1H3,(H,26,28). The summed E-state index contributed by atoms with van der Waals surface area (Å²) >= 11 is 0. The molecule has 2 heterocycles. The molecule has 2 aromatic carbocycles. The molecule has 1 aromatic heterocycles. The molecule has 0 spiro atoms. The second-order valence-corrected chi connectivity index (χ2v) is 7.39. The Balaban J connectivity index is 1.37. The van der Waals surface area contributed by atoms with Crippen molar-refractivity contribution in [1.82, 2.24) is 9.88 Å². The van der Waals surface area contributed by atoms with Crippen molar-refractivity contribution in [1.29, 1.82) is 0 Å². The van der Waals surface area contributed by atoms with Crippen molar-refractivity contribution in [2.45, 2.75) is 31.7 Å². The van der Waals surface area contributed by atoms with Crippen molar-refractivity contribution in [2.24, 2.45) is 0 Å². The van der Waals surface area contributed by atoms with Gasteiger partial charge >= 0.3 is 0 Å². The predicted molar refractivity (Wildman–Crippen MR) is 106 cm³/mol. The highest BCUT2D eigenvalue weighted by Gasteiger charge is 2.28. The number of nitrogens with zero attached hydrogens (tertiary/aromatic N) is 1. The number of anilines is 1. The van der Waals surface area contributed by atoms with E-state index in [1.54, 1.807) is 0 Å².